The molecular weight excluding hydrogens is 281 g/mol. The van der Waals surface area contributed by atoms with Gasteiger partial charge in [0.15, 0.2) is 0 Å². The molecule has 1 aromatic carbocycles. The summed E-state index contributed by atoms with van der Waals surface area (Å²) >= 11 is 12.4. The molecule has 5 heteroatoms. The Bertz CT molecular complexity index is 624. The molecule has 0 aliphatic carbocycles. The van der Waals surface area contributed by atoms with Crippen molar-refractivity contribution >= 4 is 39.8 Å². The van der Waals surface area contributed by atoms with Gasteiger partial charge < -0.3 is 10.2 Å². The summed E-state index contributed by atoms with van der Waals surface area (Å²) in [7, 11) is 5.95. The largest absolute Gasteiger partial charge is 0.377 e. The van der Waals surface area contributed by atoms with E-state index < -0.39 is 0 Å². The molecular formula is C14H17Cl2N3. The van der Waals surface area contributed by atoms with E-state index in [0.29, 0.717) is 16.6 Å². The van der Waals surface area contributed by atoms with Gasteiger partial charge in [0.2, 0.25) is 0 Å². The average Bonchev–Trinajstić information content (AvgIpc) is 2.35. The highest BCUT2D eigenvalue weighted by Gasteiger charge is 2.16. The minimum atomic E-state index is 0.514. The summed E-state index contributed by atoms with van der Waals surface area (Å²) in [6.45, 7) is 2.78. The summed E-state index contributed by atoms with van der Waals surface area (Å²) in [5, 5.41) is 5.20. The lowest BCUT2D eigenvalue weighted by molar-refractivity contribution is 0.788. The molecule has 0 atom stereocenters. The molecule has 1 heterocycles. The summed E-state index contributed by atoms with van der Waals surface area (Å²) in [4.78, 5) is 6.75. The van der Waals surface area contributed by atoms with Gasteiger partial charge in [-0.25, -0.2) is 4.98 Å². The number of aromatic nitrogens is 1. The van der Waals surface area contributed by atoms with Crippen LogP contribution in [0.15, 0.2) is 12.1 Å². The summed E-state index contributed by atoms with van der Waals surface area (Å²) in [6, 6.07) is 3.79. The topological polar surface area (TPSA) is 28.2 Å². The zero-order valence-electron chi connectivity index (χ0n) is 11.5. The Morgan fingerprint density at radius 3 is 2.53 bits per heavy atom. The second kappa shape index (κ2) is 5.53. The van der Waals surface area contributed by atoms with Crippen molar-refractivity contribution in [2.24, 2.45) is 0 Å². The van der Waals surface area contributed by atoms with Gasteiger partial charge in [-0.05, 0) is 31.7 Å². The first-order chi connectivity index (χ1) is 8.97. The number of pyridine rings is 1. The van der Waals surface area contributed by atoms with Gasteiger partial charge in [-0.15, -0.1) is 0 Å². The van der Waals surface area contributed by atoms with Crippen LogP contribution in [0.2, 0.25) is 10.0 Å². The molecule has 0 bridgehead atoms. The van der Waals surface area contributed by atoms with Crippen molar-refractivity contribution in [3.63, 3.8) is 0 Å². The van der Waals surface area contributed by atoms with Crippen LogP contribution in [0, 0.1) is 6.92 Å². The van der Waals surface area contributed by atoms with Crippen molar-refractivity contribution in [3.05, 3.63) is 33.4 Å². The molecule has 0 saturated heterocycles. The van der Waals surface area contributed by atoms with Crippen LogP contribution >= 0.6 is 23.2 Å². The Kier molecular flexibility index (Phi) is 4.19. The van der Waals surface area contributed by atoms with Crippen LogP contribution < -0.4 is 10.2 Å². The molecule has 0 fully saturated rings. The minimum Gasteiger partial charge on any atom is -0.377 e. The molecule has 2 aromatic rings. The lowest BCUT2D eigenvalue weighted by Gasteiger charge is -2.21. The highest BCUT2D eigenvalue weighted by Crippen LogP contribution is 2.36. The van der Waals surface area contributed by atoms with E-state index in [4.69, 9.17) is 23.2 Å². The third-order valence-electron chi connectivity index (χ3n) is 3.15. The maximum absolute atomic E-state index is 6.29. The monoisotopic (exact) mass is 297 g/mol. The van der Waals surface area contributed by atoms with Gasteiger partial charge in [0.05, 0.1) is 26.9 Å². The fraction of sp³-hybridized carbons (Fsp3) is 0.357. The number of hydrogen-bond acceptors (Lipinski definition) is 3. The van der Waals surface area contributed by atoms with Gasteiger partial charge in [0.25, 0.3) is 0 Å². The van der Waals surface area contributed by atoms with Crippen molar-refractivity contribution in [3.8, 4) is 0 Å². The molecule has 0 aliphatic rings. The maximum atomic E-state index is 6.29. The molecule has 102 valence electrons. The molecule has 3 nitrogen and oxygen atoms in total. The van der Waals surface area contributed by atoms with E-state index in [1.165, 1.54) is 0 Å². The SMILES string of the molecule is CNCc1nc2c(Cl)c(Cl)ccc2c(N(C)C)c1C. The Morgan fingerprint density at radius 2 is 1.95 bits per heavy atom. The van der Waals surface area contributed by atoms with E-state index in [1.54, 1.807) is 0 Å². The van der Waals surface area contributed by atoms with Crippen LogP contribution in [0.5, 0.6) is 0 Å². The van der Waals surface area contributed by atoms with E-state index in [2.05, 4.69) is 22.1 Å². The van der Waals surface area contributed by atoms with Crippen LogP contribution in [-0.4, -0.2) is 26.1 Å². The molecule has 0 saturated carbocycles. The van der Waals surface area contributed by atoms with E-state index in [9.17, 15) is 0 Å². The second-order valence-electron chi connectivity index (χ2n) is 4.71. The molecule has 0 amide bonds. The molecule has 0 spiro atoms. The third-order valence-corrected chi connectivity index (χ3v) is 3.94. The number of rotatable bonds is 3. The summed E-state index contributed by atoms with van der Waals surface area (Å²) in [5.41, 5.74) is 4.04. The zero-order chi connectivity index (χ0) is 14.2. The normalized spacial score (nSPS) is 11.1. The number of benzene rings is 1. The first kappa shape index (κ1) is 14.4. The molecule has 1 aromatic heterocycles. The minimum absolute atomic E-state index is 0.514. The summed E-state index contributed by atoms with van der Waals surface area (Å²) < 4.78 is 0. The number of anilines is 1. The van der Waals surface area contributed by atoms with Gasteiger partial charge >= 0.3 is 0 Å². The number of nitrogens with one attached hydrogen (secondary N) is 1. The van der Waals surface area contributed by atoms with Gasteiger partial charge in [0, 0.05) is 26.0 Å². The fourth-order valence-corrected chi connectivity index (χ4v) is 2.67. The van der Waals surface area contributed by atoms with Gasteiger partial charge in [-0.2, -0.15) is 0 Å². The second-order valence-corrected chi connectivity index (χ2v) is 5.50. The lowest BCUT2D eigenvalue weighted by Crippen LogP contribution is -2.15. The predicted octanol–water partition coefficient (Wildman–Crippen LogP) is 3.64. The highest BCUT2D eigenvalue weighted by molar-refractivity contribution is 6.45. The van der Waals surface area contributed by atoms with Crippen LogP contribution in [-0.2, 0) is 6.54 Å². The molecule has 0 radical (unpaired) electrons. The smallest absolute Gasteiger partial charge is 0.0928 e. The summed E-state index contributed by atoms with van der Waals surface area (Å²) in [5.74, 6) is 0. The van der Waals surface area contributed by atoms with Crippen LogP contribution in [0.3, 0.4) is 0 Å². The van der Waals surface area contributed by atoms with Crippen molar-refractivity contribution in [2.75, 3.05) is 26.0 Å². The molecule has 0 unspecified atom stereocenters. The van der Waals surface area contributed by atoms with Crippen LogP contribution in [0.1, 0.15) is 11.3 Å². The number of hydrogen-bond donors (Lipinski definition) is 1. The Balaban J connectivity index is 2.87. The Labute approximate surface area is 123 Å². The van der Waals surface area contributed by atoms with Crippen molar-refractivity contribution < 1.29 is 0 Å². The number of fused-ring (bicyclic) bond motifs is 1. The van der Waals surface area contributed by atoms with Crippen molar-refractivity contribution in [1.82, 2.24) is 10.3 Å². The van der Waals surface area contributed by atoms with Crippen molar-refractivity contribution in [1.29, 1.82) is 0 Å². The molecule has 1 N–H and O–H groups in total. The molecule has 2 rings (SSSR count). The fourth-order valence-electron chi connectivity index (χ4n) is 2.31. The van der Waals surface area contributed by atoms with Crippen LogP contribution in [0.25, 0.3) is 10.9 Å². The lowest BCUT2D eigenvalue weighted by atomic mass is 10.1. The maximum Gasteiger partial charge on any atom is 0.0928 e. The zero-order valence-corrected chi connectivity index (χ0v) is 13.0. The van der Waals surface area contributed by atoms with Gasteiger partial charge in [-0.1, -0.05) is 23.2 Å². The Morgan fingerprint density at radius 1 is 1.26 bits per heavy atom. The molecule has 0 aliphatic heterocycles. The Hall–Kier alpha value is -1.03. The standard InChI is InChI=1S/C14H17Cl2N3/c1-8-11(7-17-2)18-13-9(14(8)19(3)4)5-6-10(15)12(13)16/h5-6,17H,7H2,1-4H3. The third kappa shape index (κ3) is 2.50. The average molecular weight is 298 g/mol. The van der Waals surface area contributed by atoms with E-state index in [1.807, 2.05) is 33.3 Å². The highest BCUT2D eigenvalue weighted by atomic mass is 35.5. The van der Waals surface area contributed by atoms with Gasteiger partial charge in [-0.3, -0.25) is 0 Å². The summed E-state index contributed by atoms with van der Waals surface area (Å²) in [6.07, 6.45) is 0. The van der Waals surface area contributed by atoms with E-state index in [0.717, 1.165) is 27.8 Å². The van der Waals surface area contributed by atoms with E-state index in [-0.39, 0.29) is 0 Å². The first-order valence-corrected chi connectivity index (χ1v) is 6.82. The first-order valence-electron chi connectivity index (χ1n) is 6.06. The van der Waals surface area contributed by atoms with Gasteiger partial charge in [0.1, 0.15) is 0 Å². The quantitative estimate of drug-likeness (QED) is 0.937. The van der Waals surface area contributed by atoms with Crippen molar-refractivity contribution in [2.45, 2.75) is 13.5 Å². The van der Waals surface area contributed by atoms with E-state index >= 15 is 0 Å². The number of halogens is 2. The van der Waals surface area contributed by atoms with Crippen LogP contribution in [0.4, 0.5) is 5.69 Å². The predicted molar refractivity (Wildman–Crippen MR) is 83.6 cm³/mol. The number of nitrogens with zero attached hydrogens (tertiary/aromatic N) is 2. The molecule has 19 heavy (non-hydrogen) atoms.